The number of likely N-dealkylation sites (N-methyl/N-ethyl adjacent to an activating group) is 1. The molecule has 1 aliphatic heterocycles. The molecule has 0 bridgehead atoms. The van der Waals surface area contributed by atoms with Crippen LogP contribution in [0.15, 0.2) is 24.5 Å². The number of morpholine rings is 1. The zero-order chi connectivity index (χ0) is 17.1. The van der Waals surface area contributed by atoms with E-state index in [-0.39, 0.29) is 6.10 Å². The van der Waals surface area contributed by atoms with Crippen molar-refractivity contribution in [1.29, 1.82) is 0 Å². The Labute approximate surface area is 148 Å². The van der Waals surface area contributed by atoms with Crippen molar-refractivity contribution in [2.75, 3.05) is 38.1 Å². The molecule has 2 aromatic heterocycles. The second-order valence-electron chi connectivity index (χ2n) is 6.68. The highest BCUT2D eigenvalue weighted by atomic mass is 16.5. The van der Waals surface area contributed by atoms with Crippen LogP contribution in [-0.2, 0) is 17.6 Å². The number of aromatic nitrogens is 3. The Bertz CT molecular complexity index is 721. The van der Waals surface area contributed by atoms with E-state index in [1.54, 1.807) is 12.4 Å². The van der Waals surface area contributed by atoms with E-state index >= 15 is 0 Å². The molecule has 4 rings (SSSR count). The third kappa shape index (κ3) is 3.65. The molecule has 6 nitrogen and oxygen atoms in total. The van der Waals surface area contributed by atoms with Gasteiger partial charge in [-0.05, 0) is 37.9 Å². The van der Waals surface area contributed by atoms with Gasteiger partial charge < -0.3 is 10.1 Å². The first-order valence-corrected chi connectivity index (χ1v) is 9.21. The Hall–Kier alpha value is -2.05. The van der Waals surface area contributed by atoms with Crippen molar-refractivity contribution in [3.63, 3.8) is 0 Å². The zero-order valence-electron chi connectivity index (χ0n) is 14.7. The van der Waals surface area contributed by atoms with Crippen molar-refractivity contribution >= 4 is 5.82 Å². The lowest BCUT2D eigenvalue weighted by atomic mass is 10.2. The van der Waals surface area contributed by atoms with Gasteiger partial charge in [-0.1, -0.05) is 6.92 Å². The van der Waals surface area contributed by atoms with E-state index in [1.807, 2.05) is 12.1 Å². The number of nitrogens with one attached hydrogen (secondary N) is 1. The molecule has 2 aromatic rings. The first-order chi connectivity index (χ1) is 12.3. The average Bonchev–Trinajstić information content (AvgIpc) is 3.15. The molecule has 2 aliphatic rings. The fourth-order valence-electron chi connectivity index (χ4n) is 3.61. The molecular weight excluding hydrogens is 314 g/mol. The molecule has 1 saturated heterocycles. The van der Waals surface area contributed by atoms with Gasteiger partial charge in [-0.15, -0.1) is 0 Å². The number of anilines is 1. The van der Waals surface area contributed by atoms with Crippen LogP contribution >= 0.6 is 0 Å². The van der Waals surface area contributed by atoms with Crippen molar-refractivity contribution in [3.8, 4) is 11.4 Å². The summed E-state index contributed by atoms with van der Waals surface area (Å²) in [5.41, 5.74) is 3.48. The summed E-state index contributed by atoms with van der Waals surface area (Å²) in [6.45, 7) is 6.89. The van der Waals surface area contributed by atoms with Crippen LogP contribution < -0.4 is 5.32 Å². The third-order valence-corrected chi connectivity index (χ3v) is 5.04. The fraction of sp³-hybridized carbons (Fsp3) is 0.526. The monoisotopic (exact) mass is 339 g/mol. The van der Waals surface area contributed by atoms with Gasteiger partial charge in [0.05, 0.1) is 12.7 Å². The Morgan fingerprint density at radius 2 is 2.12 bits per heavy atom. The maximum absolute atomic E-state index is 5.91. The van der Waals surface area contributed by atoms with Gasteiger partial charge in [0.25, 0.3) is 0 Å². The number of hydrogen-bond donors (Lipinski definition) is 1. The van der Waals surface area contributed by atoms with Crippen LogP contribution in [0.4, 0.5) is 5.82 Å². The highest BCUT2D eigenvalue weighted by molar-refractivity contribution is 5.60. The summed E-state index contributed by atoms with van der Waals surface area (Å²) in [6.07, 6.45) is 7.03. The molecule has 1 fully saturated rings. The summed E-state index contributed by atoms with van der Waals surface area (Å²) >= 11 is 0. The quantitative estimate of drug-likeness (QED) is 0.901. The second-order valence-corrected chi connectivity index (χ2v) is 6.68. The summed E-state index contributed by atoms with van der Waals surface area (Å²) in [7, 11) is 0. The van der Waals surface area contributed by atoms with E-state index in [9.17, 15) is 0 Å². The van der Waals surface area contributed by atoms with Gasteiger partial charge in [-0.25, -0.2) is 9.97 Å². The van der Waals surface area contributed by atoms with Gasteiger partial charge in [-0.2, -0.15) is 0 Å². The topological polar surface area (TPSA) is 63.2 Å². The van der Waals surface area contributed by atoms with Gasteiger partial charge in [-0.3, -0.25) is 9.88 Å². The first kappa shape index (κ1) is 16.4. The Kier molecular flexibility index (Phi) is 4.90. The summed E-state index contributed by atoms with van der Waals surface area (Å²) in [4.78, 5) is 16.1. The van der Waals surface area contributed by atoms with Crippen molar-refractivity contribution in [3.05, 3.63) is 35.8 Å². The molecule has 1 atom stereocenters. The smallest absolute Gasteiger partial charge is 0.161 e. The predicted molar refractivity (Wildman–Crippen MR) is 97.6 cm³/mol. The fourth-order valence-corrected chi connectivity index (χ4v) is 3.61. The molecule has 3 heterocycles. The molecule has 0 radical (unpaired) electrons. The number of nitrogens with zero attached hydrogens (tertiary/aromatic N) is 4. The Balaban J connectivity index is 1.53. The number of rotatable bonds is 5. The van der Waals surface area contributed by atoms with Crippen LogP contribution in [0, 0.1) is 0 Å². The molecule has 6 heteroatoms. The average molecular weight is 339 g/mol. The van der Waals surface area contributed by atoms with E-state index in [0.29, 0.717) is 0 Å². The van der Waals surface area contributed by atoms with Crippen LogP contribution in [0.3, 0.4) is 0 Å². The van der Waals surface area contributed by atoms with E-state index in [1.165, 1.54) is 11.3 Å². The normalized spacial score (nSPS) is 20.4. The molecule has 0 saturated carbocycles. The molecule has 0 amide bonds. The molecule has 0 spiro atoms. The molecule has 1 N–H and O–H groups in total. The van der Waals surface area contributed by atoms with E-state index < -0.39 is 0 Å². The lowest BCUT2D eigenvalue weighted by molar-refractivity contribution is -0.0192. The second kappa shape index (κ2) is 7.45. The Morgan fingerprint density at radius 3 is 2.96 bits per heavy atom. The number of fused-ring (bicyclic) bond motifs is 1. The van der Waals surface area contributed by atoms with Crippen LogP contribution in [0.5, 0.6) is 0 Å². The standard InChI is InChI=1S/C19H25N5O/c1-2-24-10-11-25-15(13-24)12-21-19-16-4-3-5-17(16)22-18(23-19)14-6-8-20-9-7-14/h6-9,15H,2-5,10-13H2,1H3,(H,21,22,23). The molecule has 132 valence electrons. The number of pyridine rings is 1. The van der Waals surface area contributed by atoms with E-state index in [0.717, 1.165) is 69.3 Å². The summed E-state index contributed by atoms with van der Waals surface area (Å²) in [5.74, 6) is 1.76. The summed E-state index contributed by atoms with van der Waals surface area (Å²) < 4.78 is 5.91. The van der Waals surface area contributed by atoms with Crippen molar-refractivity contribution in [1.82, 2.24) is 19.9 Å². The minimum atomic E-state index is 0.213. The van der Waals surface area contributed by atoms with Crippen molar-refractivity contribution in [2.45, 2.75) is 32.3 Å². The largest absolute Gasteiger partial charge is 0.374 e. The van der Waals surface area contributed by atoms with Gasteiger partial charge in [0.15, 0.2) is 5.82 Å². The lowest BCUT2D eigenvalue weighted by Crippen LogP contribution is -2.45. The van der Waals surface area contributed by atoms with Crippen LogP contribution in [0.1, 0.15) is 24.6 Å². The van der Waals surface area contributed by atoms with Gasteiger partial charge >= 0.3 is 0 Å². The van der Waals surface area contributed by atoms with E-state index in [4.69, 9.17) is 14.7 Å². The Morgan fingerprint density at radius 1 is 1.24 bits per heavy atom. The maximum Gasteiger partial charge on any atom is 0.161 e. The highest BCUT2D eigenvalue weighted by Crippen LogP contribution is 2.29. The molecule has 25 heavy (non-hydrogen) atoms. The maximum atomic E-state index is 5.91. The minimum absolute atomic E-state index is 0.213. The van der Waals surface area contributed by atoms with Gasteiger partial charge in [0.1, 0.15) is 5.82 Å². The van der Waals surface area contributed by atoms with Crippen molar-refractivity contribution < 1.29 is 4.74 Å². The molecule has 1 aliphatic carbocycles. The molecule has 1 unspecified atom stereocenters. The predicted octanol–water partition coefficient (Wildman–Crippen LogP) is 2.16. The van der Waals surface area contributed by atoms with Gasteiger partial charge in [0.2, 0.25) is 0 Å². The minimum Gasteiger partial charge on any atom is -0.374 e. The molecular formula is C19H25N5O. The SMILES string of the molecule is CCN1CCOC(CNc2nc(-c3ccncc3)nc3c2CCC3)C1. The number of ether oxygens (including phenoxy) is 1. The van der Waals surface area contributed by atoms with Crippen LogP contribution in [0.25, 0.3) is 11.4 Å². The lowest BCUT2D eigenvalue weighted by Gasteiger charge is -2.32. The van der Waals surface area contributed by atoms with Crippen LogP contribution in [0.2, 0.25) is 0 Å². The highest BCUT2D eigenvalue weighted by Gasteiger charge is 2.23. The summed E-state index contributed by atoms with van der Waals surface area (Å²) in [5, 5.41) is 3.55. The first-order valence-electron chi connectivity index (χ1n) is 9.21. The number of hydrogen-bond acceptors (Lipinski definition) is 6. The number of aryl methyl sites for hydroxylation is 1. The zero-order valence-corrected chi connectivity index (χ0v) is 14.7. The summed E-state index contributed by atoms with van der Waals surface area (Å²) in [6, 6.07) is 3.92. The molecule has 0 aromatic carbocycles. The van der Waals surface area contributed by atoms with Crippen LogP contribution in [-0.4, -0.2) is 58.7 Å². The van der Waals surface area contributed by atoms with E-state index in [2.05, 4.69) is 22.1 Å². The van der Waals surface area contributed by atoms with Crippen molar-refractivity contribution in [2.24, 2.45) is 0 Å². The third-order valence-electron chi connectivity index (χ3n) is 5.04. The van der Waals surface area contributed by atoms with Gasteiger partial charge in [0, 0.05) is 48.8 Å².